The predicted octanol–water partition coefficient (Wildman–Crippen LogP) is 6.79. The first-order valence-corrected chi connectivity index (χ1v) is 12.2. The van der Waals surface area contributed by atoms with Crippen LogP contribution >= 0.6 is 11.5 Å². The number of aliphatic carboxylic acids is 1. The third-order valence-corrected chi connectivity index (χ3v) is 7.44. The van der Waals surface area contributed by atoms with Gasteiger partial charge in [0.1, 0.15) is 12.4 Å². The molecule has 3 aromatic carbocycles. The van der Waals surface area contributed by atoms with E-state index in [1.807, 2.05) is 55.5 Å². The molecule has 0 radical (unpaired) electrons. The largest absolute Gasteiger partial charge is 0.481 e. The maximum absolute atomic E-state index is 13.1. The van der Waals surface area contributed by atoms with Gasteiger partial charge in [0, 0.05) is 0 Å². The molecular formula is C28H23FN2O4S. The Morgan fingerprint density at radius 2 is 1.56 bits per heavy atom. The number of carbonyl (C=O) groups is 2. The number of carboxylic acids is 1. The van der Waals surface area contributed by atoms with Crippen LogP contribution in [0.4, 0.5) is 14.9 Å². The van der Waals surface area contributed by atoms with Crippen LogP contribution in [0.3, 0.4) is 0 Å². The third-order valence-electron chi connectivity index (χ3n) is 6.45. The summed E-state index contributed by atoms with van der Waals surface area (Å²) in [4.78, 5) is 24.8. The van der Waals surface area contributed by atoms with Crippen molar-refractivity contribution in [2.45, 2.75) is 31.8 Å². The summed E-state index contributed by atoms with van der Waals surface area (Å²) >= 11 is 1.29. The number of hydrogen-bond donors (Lipinski definition) is 2. The lowest BCUT2D eigenvalue weighted by Crippen LogP contribution is -2.19. The van der Waals surface area contributed by atoms with Crippen molar-refractivity contribution in [2.24, 2.45) is 0 Å². The Morgan fingerprint density at radius 1 is 0.972 bits per heavy atom. The molecule has 1 saturated carbocycles. The fourth-order valence-corrected chi connectivity index (χ4v) is 4.98. The zero-order valence-electron chi connectivity index (χ0n) is 19.5. The van der Waals surface area contributed by atoms with Crippen molar-refractivity contribution in [3.05, 3.63) is 95.4 Å². The van der Waals surface area contributed by atoms with Crippen LogP contribution in [-0.2, 0) is 21.6 Å². The van der Waals surface area contributed by atoms with Crippen molar-refractivity contribution in [3.63, 3.8) is 0 Å². The second kappa shape index (κ2) is 9.54. The standard InChI is InChI=1S/C28H23FN2O4S/c1-17-24(30-27(34)35-16-18-2-12-23(29)13-3-18)25(36-31-17)21-6-4-19(5-7-21)20-8-10-22(11-9-20)28(14-15-28)26(32)33/h2-13H,14-16H2,1H3,(H,30,34)(H,32,33). The van der Waals surface area contributed by atoms with E-state index in [2.05, 4.69) is 9.69 Å². The number of aryl methyl sites for hydroxylation is 1. The van der Waals surface area contributed by atoms with Crippen molar-refractivity contribution >= 4 is 29.3 Å². The molecule has 0 unspecified atom stereocenters. The zero-order valence-corrected chi connectivity index (χ0v) is 20.3. The highest BCUT2D eigenvalue weighted by atomic mass is 32.1. The average molecular weight is 503 g/mol. The van der Waals surface area contributed by atoms with E-state index in [1.54, 1.807) is 12.1 Å². The molecule has 182 valence electrons. The number of rotatable bonds is 7. The Hall–Kier alpha value is -4.04. The number of anilines is 1. The first-order valence-electron chi connectivity index (χ1n) is 11.4. The second-order valence-electron chi connectivity index (χ2n) is 8.84. The topological polar surface area (TPSA) is 88.5 Å². The maximum Gasteiger partial charge on any atom is 0.412 e. The van der Waals surface area contributed by atoms with Crippen molar-refractivity contribution < 1.29 is 23.8 Å². The molecule has 4 aromatic rings. The van der Waals surface area contributed by atoms with Crippen molar-refractivity contribution in [2.75, 3.05) is 5.32 Å². The van der Waals surface area contributed by atoms with Gasteiger partial charge in [0.15, 0.2) is 0 Å². The quantitative estimate of drug-likeness (QED) is 0.290. The van der Waals surface area contributed by atoms with Gasteiger partial charge in [-0.05, 0) is 71.2 Å². The average Bonchev–Trinajstić information content (AvgIpc) is 3.63. The molecule has 1 fully saturated rings. The van der Waals surface area contributed by atoms with Crippen LogP contribution in [0.25, 0.3) is 21.6 Å². The minimum atomic E-state index is -0.761. The van der Waals surface area contributed by atoms with Gasteiger partial charge in [-0.3, -0.25) is 10.1 Å². The van der Waals surface area contributed by atoms with Gasteiger partial charge in [0.05, 0.1) is 21.7 Å². The van der Waals surface area contributed by atoms with Gasteiger partial charge >= 0.3 is 12.1 Å². The molecule has 6 nitrogen and oxygen atoms in total. The molecule has 1 amide bonds. The summed E-state index contributed by atoms with van der Waals surface area (Å²) in [6.07, 6.45) is 0.747. The van der Waals surface area contributed by atoms with Crippen molar-refractivity contribution in [1.82, 2.24) is 4.37 Å². The first-order chi connectivity index (χ1) is 17.4. The third kappa shape index (κ3) is 4.72. The summed E-state index contributed by atoms with van der Waals surface area (Å²) in [6.45, 7) is 1.84. The Morgan fingerprint density at radius 3 is 2.14 bits per heavy atom. The van der Waals surface area contributed by atoms with Gasteiger partial charge in [0.2, 0.25) is 0 Å². The van der Waals surface area contributed by atoms with E-state index in [0.29, 0.717) is 29.8 Å². The van der Waals surface area contributed by atoms with Crippen LogP contribution in [0.2, 0.25) is 0 Å². The molecule has 1 aliphatic rings. The fourth-order valence-electron chi connectivity index (χ4n) is 4.13. The number of benzene rings is 3. The Kier molecular flexibility index (Phi) is 6.28. The van der Waals surface area contributed by atoms with Gasteiger partial charge in [-0.2, -0.15) is 4.37 Å². The minimum Gasteiger partial charge on any atom is -0.481 e. The summed E-state index contributed by atoms with van der Waals surface area (Å²) in [5, 5.41) is 12.3. The molecule has 0 spiro atoms. The highest BCUT2D eigenvalue weighted by Crippen LogP contribution is 2.48. The number of ether oxygens (including phenoxy) is 1. The number of halogens is 1. The van der Waals surface area contributed by atoms with E-state index in [4.69, 9.17) is 4.74 Å². The maximum atomic E-state index is 13.1. The fraction of sp³-hybridized carbons (Fsp3) is 0.179. The van der Waals surface area contributed by atoms with E-state index in [0.717, 1.165) is 27.1 Å². The van der Waals surface area contributed by atoms with Crippen LogP contribution < -0.4 is 5.32 Å². The van der Waals surface area contributed by atoms with E-state index >= 15 is 0 Å². The summed E-state index contributed by atoms with van der Waals surface area (Å²) < 4.78 is 22.7. The van der Waals surface area contributed by atoms with Crippen LogP contribution in [0.15, 0.2) is 72.8 Å². The number of nitrogens with one attached hydrogen (secondary N) is 1. The van der Waals surface area contributed by atoms with E-state index < -0.39 is 17.5 Å². The van der Waals surface area contributed by atoms with E-state index in [1.165, 1.54) is 23.7 Å². The number of aromatic nitrogens is 1. The Bertz CT molecular complexity index is 1410. The van der Waals surface area contributed by atoms with Gasteiger partial charge in [-0.1, -0.05) is 60.7 Å². The summed E-state index contributed by atoms with van der Waals surface area (Å²) in [6, 6.07) is 21.4. The van der Waals surface area contributed by atoms with Gasteiger partial charge in [-0.15, -0.1) is 0 Å². The van der Waals surface area contributed by atoms with Crippen LogP contribution in [0, 0.1) is 12.7 Å². The molecule has 0 aliphatic heterocycles. The van der Waals surface area contributed by atoms with Crippen molar-refractivity contribution in [1.29, 1.82) is 0 Å². The molecule has 0 atom stereocenters. The lowest BCUT2D eigenvalue weighted by Gasteiger charge is -2.11. The molecule has 0 bridgehead atoms. The van der Waals surface area contributed by atoms with Gasteiger partial charge in [-0.25, -0.2) is 9.18 Å². The molecule has 0 saturated heterocycles. The summed E-state index contributed by atoms with van der Waals surface area (Å²) in [7, 11) is 0. The normalized spacial score (nSPS) is 13.7. The zero-order chi connectivity index (χ0) is 25.3. The monoisotopic (exact) mass is 502 g/mol. The number of carbonyl (C=O) groups excluding carboxylic acids is 1. The lowest BCUT2D eigenvalue weighted by molar-refractivity contribution is -0.140. The van der Waals surface area contributed by atoms with Crippen LogP contribution in [-0.4, -0.2) is 21.5 Å². The van der Waals surface area contributed by atoms with Gasteiger partial charge < -0.3 is 9.84 Å². The van der Waals surface area contributed by atoms with Crippen molar-refractivity contribution in [3.8, 4) is 21.6 Å². The van der Waals surface area contributed by atoms with E-state index in [-0.39, 0.29) is 12.4 Å². The Balaban J connectivity index is 1.28. The SMILES string of the molecule is Cc1nsc(-c2ccc(-c3ccc(C4(C(=O)O)CC4)cc3)cc2)c1NC(=O)OCc1ccc(F)cc1. The predicted molar refractivity (Wildman–Crippen MR) is 136 cm³/mol. The number of hydrogen-bond acceptors (Lipinski definition) is 5. The molecule has 8 heteroatoms. The highest BCUT2D eigenvalue weighted by molar-refractivity contribution is 7.10. The molecular weight excluding hydrogens is 479 g/mol. The molecule has 1 aromatic heterocycles. The van der Waals surface area contributed by atoms with Crippen LogP contribution in [0.1, 0.15) is 29.7 Å². The molecule has 1 heterocycles. The molecule has 1 aliphatic carbocycles. The first kappa shape index (κ1) is 23.7. The Labute approximate surface area is 211 Å². The molecule has 36 heavy (non-hydrogen) atoms. The second-order valence-corrected chi connectivity index (χ2v) is 9.62. The summed E-state index contributed by atoms with van der Waals surface area (Å²) in [5.41, 5.74) is 4.98. The number of nitrogens with zero attached hydrogens (tertiary/aromatic N) is 1. The highest BCUT2D eigenvalue weighted by Gasteiger charge is 2.51. The van der Waals surface area contributed by atoms with E-state index in [9.17, 15) is 19.1 Å². The lowest BCUT2D eigenvalue weighted by atomic mass is 9.93. The molecule has 2 N–H and O–H groups in total. The number of carboxylic acid groups (broad SMARTS) is 1. The summed E-state index contributed by atoms with van der Waals surface area (Å²) in [5.74, 6) is -1.11. The minimum absolute atomic E-state index is 0.0269. The molecule has 5 rings (SSSR count). The smallest absolute Gasteiger partial charge is 0.412 e. The number of amides is 1. The van der Waals surface area contributed by atoms with Gasteiger partial charge in [0.25, 0.3) is 0 Å². The van der Waals surface area contributed by atoms with Crippen LogP contribution in [0.5, 0.6) is 0 Å².